The largest absolute Gasteiger partial charge is 0.390 e. The van der Waals surface area contributed by atoms with Crippen LogP contribution in [0.2, 0.25) is 0 Å². The van der Waals surface area contributed by atoms with Gasteiger partial charge in [-0.1, -0.05) is 14.5 Å². The van der Waals surface area contributed by atoms with Crippen LogP contribution in [0.15, 0.2) is 0 Å². The highest BCUT2D eigenvalue weighted by atomic mass is 32.7. The maximum absolute atomic E-state index is 9.63. The van der Waals surface area contributed by atoms with E-state index in [0.29, 0.717) is 6.61 Å². The Morgan fingerprint density at radius 2 is 2.69 bits per heavy atom. The molecule has 1 saturated heterocycles. The molecule has 3 nitrogen and oxygen atoms in total. The molecule has 6 heteroatoms. The number of aliphatic hydroxyl groups excluding tert-OH is 1. The van der Waals surface area contributed by atoms with Gasteiger partial charge in [0.2, 0.25) is 0 Å². The number of ether oxygens (including phenoxy) is 1. The van der Waals surface area contributed by atoms with Crippen molar-refractivity contribution in [1.29, 1.82) is 2.61 Å². The topological polar surface area (TPSA) is 38.7 Å². The average molecular weight is 224 g/mol. The van der Waals surface area contributed by atoms with E-state index in [9.17, 15) is 5.11 Å². The highest BCUT2D eigenvalue weighted by Gasteiger charge is 2.38. The first-order valence-corrected chi connectivity index (χ1v) is 6.50. The SMILES string of the molecule is [2H]P([B][3H])SOCC1OC(C)[C@@H](O)[C@@H]1C. The zero-order valence-corrected chi connectivity index (χ0v) is 9.42. The van der Waals surface area contributed by atoms with Crippen molar-refractivity contribution in [3.05, 3.63) is 0 Å². The summed E-state index contributed by atoms with van der Waals surface area (Å²) in [4.78, 5) is 0. The van der Waals surface area contributed by atoms with Crippen molar-refractivity contribution >= 4 is 26.8 Å². The van der Waals surface area contributed by atoms with E-state index in [1.165, 1.54) is 0 Å². The Morgan fingerprint density at radius 3 is 3.23 bits per heavy atom. The van der Waals surface area contributed by atoms with E-state index in [1.54, 1.807) is 0 Å². The molecule has 1 N–H and O–H groups in total. The minimum atomic E-state index is -1.27. The second-order valence-corrected chi connectivity index (χ2v) is 4.87. The van der Waals surface area contributed by atoms with Crippen LogP contribution in [0.4, 0.5) is 0 Å². The minimum absolute atomic E-state index is 0.0533. The summed E-state index contributed by atoms with van der Waals surface area (Å²) in [6.45, 7) is 4.12. The molecule has 0 amide bonds. The second-order valence-electron chi connectivity index (χ2n) is 3.19. The molecule has 3 unspecified atom stereocenters. The normalized spacial score (nSPS) is 43.9. The molecule has 5 atom stereocenters. The first-order valence-electron chi connectivity index (χ1n) is 5.21. The van der Waals surface area contributed by atoms with Gasteiger partial charge in [-0.3, -0.25) is 0 Å². The Labute approximate surface area is 88.7 Å². The van der Waals surface area contributed by atoms with Crippen LogP contribution in [0.1, 0.15) is 13.8 Å². The summed E-state index contributed by atoms with van der Waals surface area (Å²) >= 11 is 0.995. The maximum Gasteiger partial charge on any atom is 0.137 e. The molecule has 0 aromatic rings. The summed E-state index contributed by atoms with van der Waals surface area (Å²) in [5.41, 5.74) is 0. The van der Waals surface area contributed by atoms with Crippen molar-refractivity contribution in [3.8, 4) is 0 Å². The van der Waals surface area contributed by atoms with Crippen molar-refractivity contribution in [2.24, 2.45) is 5.92 Å². The molecule has 13 heavy (non-hydrogen) atoms. The van der Waals surface area contributed by atoms with Gasteiger partial charge in [-0.05, 0) is 8.26 Å². The van der Waals surface area contributed by atoms with Crippen LogP contribution in [0.25, 0.3) is 0 Å². The summed E-state index contributed by atoms with van der Waals surface area (Å²) in [7, 11) is -0.201. The van der Waals surface area contributed by atoms with E-state index < -0.39 is 13.7 Å². The Bertz CT molecular complexity index is 205. The van der Waals surface area contributed by atoms with Gasteiger partial charge in [0.05, 0.1) is 26.2 Å². The molecule has 0 aromatic heterocycles. The lowest BCUT2D eigenvalue weighted by molar-refractivity contribution is 0.00671. The molecule has 1 aliphatic heterocycles. The Balaban J connectivity index is 2.22. The summed E-state index contributed by atoms with van der Waals surface area (Å²) in [5.74, 6) is 0.0533. The number of hydrogen-bond donors (Lipinski definition) is 1. The van der Waals surface area contributed by atoms with Gasteiger partial charge >= 0.3 is 0 Å². The highest BCUT2D eigenvalue weighted by Crippen LogP contribution is 2.30. The lowest BCUT2D eigenvalue weighted by atomic mass is 10.00. The molecule has 0 saturated carbocycles. The molecule has 1 aliphatic rings. The van der Waals surface area contributed by atoms with Gasteiger partial charge in [0.15, 0.2) is 0 Å². The Kier molecular flexibility index (Phi) is 3.85. The predicted molar refractivity (Wildman–Crippen MR) is 58.5 cm³/mol. The van der Waals surface area contributed by atoms with Crippen LogP contribution in [-0.4, -0.2) is 40.2 Å². The van der Waals surface area contributed by atoms with Gasteiger partial charge in [0, 0.05) is 17.6 Å². The van der Waals surface area contributed by atoms with E-state index in [1.807, 2.05) is 13.8 Å². The van der Waals surface area contributed by atoms with Crippen molar-refractivity contribution in [3.63, 3.8) is 0 Å². The first-order chi connectivity index (χ1) is 7.06. The number of hydrogen-bond acceptors (Lipinski definition) is 4. The van der Waals surface area contributed by atoms with Crippen molar-refractivity contribution in [2.45, 2.75) is 32.2 Å². The molecular weight excluding hydrogens is 206 g/mol. The van der Waals surface area contributed by atoms with Crippen LogP contribution in [0.3, 0.4) is 0 Å². The smallest absolute Gasteiger partial charge is 0.137 e. The highest BCUT2D eigenvalue weighted by molar-refractivity contribution is 8.53. The third kappa shape index (κ3) is 3.10. The van der Waals surface area contributed by atoms with Gasteiger partial charge in [-0.25, -0.2) is 0 Å². The lowest BCUT2D eigenvalue weighted by Gasteiger charge is -2.14. The van der Waals surface area contributed by atoms with E-state index in [-0.39, 0.29) is 18.1 Å². The van der Waals surface area contributed by atoms with Crippen molar-refractivity contribution < 1.29 is 14.0 Å². The van der Waals surface area contributed by atoms with Gasteiger partial charge in [0.25, 0.3) is 0 Å². The van der Waals surface area contributed by atoms with Crippen molar-refractivity contribution in [1.82, 2.24) is 0 Å². The summed E-state index contributed by atoms with van der Waals surface area (Å²) < 4.78 is 24.8. The van der Waals surface area contributed by atoms with Crippen LogP contribution in [0.5, 0.6) is 0 Å². The summed E-state index contributed by atoms with van der Waals surface area (Å²) in [5, 5.41) is 9.63. The fourth-order valence-electron chi connectivity index (χ4n) is 1.45. The molecular formula is C7H15BO3PS. The third-order valence-corrected chi connectivity index (χ3v) is 3.23. The molecule has 1 heterocycles. The van der Waals surface area contributed by atoms with Gasteiger partial charge < -0.3 is 14.0 Å². The quantitative estimate of drug-likeness (QED) is 0.426. The molecule has 0 bridgehead atoms. The van der Waals surface area contributed by atoms with Crippen molar-refractivity contribution in [2.75, 3.05) is 6.61 Å². The van der Waals surface area contributed by atoms with E-state index in [2.05, 4.69) is 0 Å². The van der Waals surface area contributed by atoms with Gasteiger partial charge in [0.1, 0.15) is 7.53 Å². The standard InChI is InChI=1S/C7H15BO3PS/c1-4-6(3-10-13-12-8)11-5(2)7(4)9/h4-9,12H,3H2,1-2H3/t4-,5?,6?,7+,12?/m1/s1/i8T,12D. The maximum atomic E-state index is 9.63. The molecule has 0 aromatic carbocycles. The number of rotatable bonds is 5. The van der Waals surface area contributed by atoms with Crippen LogP contribution >= 0.6 is 19.3 Å². The Hall–Kier alpha value is 0.725. The molecule has 0 aliphatic carbocycles. The second kappa shape index (κ2) is 5.57. The lowest BCUT2D eigenvalue weighted by Crippen LogP contribution is -2.25. The third-order valence-electron chi connectivity index (χ3n) is 2.32. The fourth-order valence-corrected chi connectivity index (χ4v) is 2.07. The van der Waals surface area contributed by atoms with Crippen LogP contribution in [0, 0.1) is 5.92 Å². The summed E-state index contributed by atoms with van der Waals surface area (Å²) in [6, 6.07) is 0. The monoisotopic (exact) mass is 224 g/mol. The molecule has 75 valence electrons. The zero-order valence-electron chi connectivity index (χ0n) is 9.71. The molecule has 1 fully saturated rings. The molecule has 1 rings (SSSR count). The van der Waals surface area contributed by atoms with Crippen LogP contribution in [-0.2, 0) is 8.92 Å². The average Bonchev–Trinajstić information content (AvgIpc) is 2.46. The van der Waals surface area contributed by atoms with E-state index >= 15 is 0 Å². The van der Waals surface area contributed by atoms with Gasteiger partial charge in [-0.2, -0.15) is 0 Å². The number of aliphatic hydroxyl groups is 1. The van der Waals surface area contributed by atoms with Gasteiger partial charge in [-0.15, -0.1) is 0 Å². The predicted octanol–water partition coefficient (Wildman–Crippen LogP) is 0.845. The molecule has 1 radical (unpaired) electrons. The van der Waals surface area contributed by atoms with Crippen LogP contribution < -0.4 is 0 Å². The first kappa shape index (κ1) is 8.99. The summed E-state index contributed by atoms with van der Waals surface area (Å²) in [6.07, 6.45) is -0.709. The molecule has 0 spiro atoms. The fraction of sp³-hybridized carbons (Fsp3) is 1.00. The Morgan fingerprint density at radius 1 is 1.92 bits per heavy atom. The zero-order chi connectivity index (χ0) is 11.4. The van der Waals surface area contributed by atoms with E-state index in [4.69, 9.17) is 11.5 Å². The minimum Gasteiger partial charge on any atom is -0.390 e. The van der Waals surface area contributed by atoms with E-state index in [0.717, 1.165) is 19.2 Å².